The minimum absolute atomic E-state index is 0.0185. The molecule has 0 radical (unpaired) electrons. The summed E-state index contributed by atoms with van der Waals surface area (Å²) in [4.78, 5) is 44.2. The van der Waals surface area contributed by atoms with Crippen LogP contribution in [0.1, 0.15) is 63.2 Å². The Balaban J connectivity index is 1.83. The van der Waals surface area contributed by atoms with Crippen LogP contribution in [0.25, 0.3) is 0 Å². The van der Waals surface area contributed by atoms with Crippen molar-refractivity contribution in [2.75, 3.05) is 12.0 Å². The van der Waals surface area contributed by atoms with Crippen LogP contribution in [-0.4, -0.2) is 34.9 Å². The molecule has 4 rings (SSSR count). The van der Waals surface area contributed by atoms with Gasteiger partial charge >= 0.3 is 5.97 Å². The zero-order valence-electron chi connectivity index (χ0n) is 20.0. The van der Waals surface area contributed by atoms with Gasteiger partial charge in [-0.15, -0.1) is 0 Å². The number of pyridine rings is 1. The fraction of sp³-hybridized carbons (Fsp3) is 0.214. The molecule has 1 unspecified atom stereocenters. The third-order valence-electron chi connectivity index (χ3n) is 6.10. The summed E-state index contributed by atoms with van der Waals surface area (Å²) in [7, 11) is 1.27. The molecule has 0 aliphatic carbocycles. The molecular weight excluding hydrogens is 444 g/mol. The highest BCUT2D eigenvalue weighted by molar-refractivity contribution is 6.20. The van der Waals surface area contributed by atoms with E-state index in [1.807, 2.05) is 31.2 Å². The molecule has 2 aromatic carbocycles. The van der Waals surface area contributed by atoms with Crippen molar-refractivity contribution in [3.05, 3.63) is 106 Å². The van der Waals surface area contributed by atoms with Crippen LogP contribution in [0.15, 0.2) is 78.2 Å². The zero-order valence-corrected chi connectivity index (χ0v) is 20.0. The molecule has 0 bridgehead atoms. The fourth-order valence-corrected chi connectivity index (χ4v) is 4.08. The number of esters is 1. The van der Waals surface area contributed by atoms with Crippen LogP contribution < -0.4 is 4.90 Å². The second-order valence-electron chi connectivity index (χ2n) is 8.75. The predicted octanol–water partition coefficient (Wildman–Crippen LogP) is 5.08. The van der Waals surface area contributed by atoms with E-state index in [1.165, 1.54) is 30.3 Å². The van der Waals surface area contributed by atoms with E-state index in [1.54, 1.807) is 24.3 Å². The standard InChI is InChI=1S/C28H26N2O5/c1-16(2)18-9-11-19(12-10-18)24-23(25(31)20-7-5-17(3)6-8-20)26(32)27(33)30(24)22-14-13-21(15-29-22)28(34)35-4/h5-16,24,32H,1-4H3. The third kappa shape index (κ3) is 4.45. The first kappa shape index (κ1) is 23.9. The molecule has 0 fully saturated rings. The highest BCUT2D eigenvalue weighted by atomic mass is 16.5. The maximum absolute atomic E-state index is 13.6. The monoisotopic (exact) mass is 470 g/mol. The predicted molar refractivity (Wildman–Crippen MR) is 131 cm³/mol. The number of carbonyl (C=O) groups is 3. The van der Waals surface area contributed by atoms with E-state index in [-0.39, 0.29) is 17.0 Å². The molecule has 1 amide bonds. The normalized spacial score (nSPS) is 15.6. The van der Waals surface area contributed by atoms with Crippen LogP contribution in [-0.2, 0) is 9.53 Å². The topological polar surface area (TPSA) is 96.8 Å². The number of aromatic nitrogens is 1. The minimum atomic E-state index is -0.894. The summed E-state index contributed by atoms with van der Waals surface area (Å²) >= 11 is 0. The lowest BCUT2D eigenvalue weighted by atomic mass is 9.91. The molecule has 0 spiro atoms. The molecular formula is C28H26N2O5. The number of hydrogen-bond donors (Lipinski definition) is 1. The molecule has 3 aromatic rings. The van der Waals surface area contributed by atoms with Gasteiger partial charge in [0.1, 0.15) is 5.82 Å². The van der Waals surface area contributed by atoms with Crippen molar-refractivity contribution >= 4 is 23.5 Å². The molecule has 7 heteroatoms. The van der Waals surface area contributed by atoms with Crippen molar-refractivity contribution < 1.29 is 24.2 Å². The van der Waals surface area contributed by atoms with Crippen LogP contribution in [0.4, 0.5) is 5.82 Å². The molecule has 2 heterocycles. The van der Waals surface area contributed by atoms with Gasteiger partial charge in [0.05, 0.1) is 24.3 Å². The number of aliphatic hydroxyl groups is 1. The van der Waals surface area contributed by atoms with E-state index in [9.17, 15) is 19.5 Å². The van der Waals surface area contributed by atoms with E-state index in [2.05, 4.69) is 18.8 Å². The maximum Gasteiger partial charge on any atom is 0.339 e. The molecule has 1 aliphatic rings. The Bertz CT molecular complexity index is 1310. The molecule has 35 heavy (non-hydrogen) atoms. The number of ketones is 1. The lowest BCUT2D eigenvalue weighted by Gasteiger charge is -2.26. The number of amides is 1. The summed E-state index contributed by atoms with van der Waals surface area (Å²) < 4.78 is 4.71. The highest BCUT2D eigenvalue weighted by Crippen LogP contribution is 2.41. The van der Waals surface area contributed by atoms with Gasteiger partial charge in [-0.25, -0.2) is 9.78 Å². The van der Waals surface area contributed by atoms with Crippen LogP contribution >= 0.6 is 0 Å². The van der Waals surface area contributed by atoms with Crippen molar-refractivity contribution in [1.82, 2.24) is 4.98 Å². The first-order valence-corrected chi connectivity index (χ1v) is 11.2. The third-order valence-corrected chi connectivity index (χ3v) is 6.10. The van der Waals surface area contributed by atoms with Crippen LogP contribution in [0, 0.1) is 6.92 Å². The first-order valence-electron chi connectivity index (χ1n) is 11.2. The Morgan fingerprint density at radius 3 is 2.14 bits per heavy atom. The van der Waals surface area contributed by atoms with Gasteiger partial charge in [-0.1, -0.05) is 67.9 Å². The maximum atomic E-state index is 13.6. The summed E-state index contributed by atoms with van der Waals surface area (Å²) in [5.74, 6) is -1.87. The number of Topliss-reactive ketones (excluding diaryl/α,β-unsaturated/α-hetero) is 1. The van der Waals surface area contributed by atoms with Gasteiger partial charge in [0.15, 0.2) is 11.5 Å². The molecule has 0 saturated carbocycles. The number of benzene rings is 2. The summed E-state index contributed by atoms with van der Waals surface area (Å²) in [5.41, 5.74) is 3.30. The Morgan fingerprint density at radius 1 is 0.971 bits per heavy atom. The number of rotatable bonds is 6. The summed E-state index contributed by atoms with van der Waals surface area (Å²) in [5, 5.41) is 10.9. The van der Waals surface area contributed by atoms with Crippen molar-refractivity contribution in [3.8, 4) is 0 Å². The van der Waals surface area contributed by atoms with Gasteiger partial charge in [-0.05, 0) is 36.1 Å². The Labute approximate surface area is 203 Å². The number of anilines is 1. The van der Waals surface area contributed by atoms with Crippen LogP contribution in [0.3, 0.4) is 0 Å². The van der Waals surface area contributed by atoms with E-state index >= 15 is 0 Å². The van der Waals surface area contributed by atoms with E-state index < -0.39 is 29.5 Å². The van der Waals surface area contributed by atoms with Crippen molar-refractivity contribution in [2.24, 2.45) is 0 Å². The molecule has 1 N–H and O–H groups in total. The van der Waals surface area contributed by atoms with Crippen LogP contribution in [0.5, 0.6) is 0 Å². The molecule has 1 aliphatic heterocycles. The number of methoxy groups -OCH3 is 1. The first-order chi connectivity index (χ1) is 16.7. The van der Waals surface area contributed by atoms with Crippen molar-refractivity contribution in [3.63, 3.8) is 0 Å². The number of nitrogens with zero attached hydrogens (tertiary/aromatic N) is 2. The zero-order chi connectivity index (χ0) is 25.3. The number of aryl methyl sites for hydroxylation is 1. The average molecular weight is 471 g/mol. The van der Waals surface area contributed by atoms with E-state index in [0.717, 1.165) is 11.1 Å². The molecule has 7 nitrogen and oxygen atoms in total. The SMILES string of the molecule is COC(=O)c1ccc(N2C(=O)C(O)=C(C(=O)c3ccc(C)cc3)C2c2ccc(C(C)C)cc2)nc1. The van der Waals surface area contributed by atoms with Crippen molar-refractivity contribution in [2.45, 2.75) is 32.7 Å². The molecule has 1 atom stereocenters. The van der Waals surface area contributed by atoms with Crippen molar-refractivity contribution in [1.29, 1.82) is 0 Å². The smallest absolute Gasteiger partial charge is 0.339 e. The van der Waals surface area contributed by atoms with Gasteiger partial charge in [-0.3, -0.25) is 14.5 Å². The number of hydrogen-bond acceptors (Lipinski definition) is 6. The average Bonchev–Trinajstić information content (AvgIpc) is 3.14. The lowest BCUT2D eigenvalue weighted by Crippen LogP contribution is -2.31. The molecule has 178 valence electrons. The molecule has 0 saturated heterocycles. The van der Waals surface area contributed by atoms with Gasteiger partial charge in [0, 0.05) is 11.8 Å². The lowest BCUT2D eigenvalue weighted by molar-refractivity contribution is -0.117. The Kier molecular flexibility index (Phi) is 6.51. The van der Waals surface area contributed by atoms with Gasteiger partial charge in [-0.2, -0.15) is 0 Å². The number of ether oxygens (including phenoxy) is 1. The summed E-state index contributed by atoms with van der Waals surface area (Å²) in [6.45, 7) is 6.06. The second-order valence-corrected chi connectivity index (χ2v) is 8.75. The highest BCUT2D eigenvalue weighted by Gasteiger charge is 2.45. The fourth-order valence-electron chi connectivity index (χ4n) is 4.08. The van der Waals surface area contributed by atoms with Gasteiger partial charge in [0.25, 0.3) is 5.91 Å². The largest absolute Gasteiger partial charge is 0.503 e. The molecule has 1 aromatic heterocycles. The number of aliphatic hydroxyl groups excluding tert-OH is 1. The van der Waals surface area contributed by atoms with Crippen LogP contribution in [0.2, 0.25) is 0 Å². The minimum Gasteiger partial charge on any atom is -0.503 e. The van der Waals surface area contributed by atoms with E-state index in [0.29, 0.717) is 17.0 Å². The second kappa shape index (κ2) is 9.54. The summed E-state index contributed by atoms with van der Waals surface area (Å²) in [6.07, 6.45) is 1.30. The van der Waals surface area contributed by atoms with E-state index in [4.69, 9.17) is 4.74 Å². The Morgan fingerprint density at radius 2 is 1.60 bits per heavy atom. The summed E-state index contributed by atoms with van der Waals surface area (Å²) in [6, 6.07) is 16.6. The quantitative estimate of drug-likeness (QED) is 0.398. The van der Waals surface area contributed by atoms with Gasteiger partial charge < -0.3 is 9.84 Å². The number of carbonyl (C=O) groups excluding carboxylic acids is 3. The van der Waals surface area contributed by atoms with Gasteiger partial charge in [0.2, 0.25) is 0 Å². The Hall–Kier alpha value is -4.26.